The topological polar surface area (TPSA) is 139 Å². The Labute approximate surface area is 160 Å². The number of imide groups is 2. The number of hydrogen-bond acceptors (Lipinski definition) is 8. The summed E-state index contributed by atoms with van der Waals surface area (Å²) < 4.78 is 4.81. The van der Waals surface area contributed by atoms with E-state index in [1.54, 1.807) is 19.2 Å². The Balaban J connectivity index is 1.81. The predicted molar refractivity (Wildman–Crippen MR) is 96.2 cm³/mol. The molecule has 10 heteroatoms. The van der Waals surface area contributed by atoms with Crippen molar-refractivity contribution in [2.75, 3.05) is 32.1 Å². The van der Waals surface area contributed by atoms with Crippen LogP contribution in [0.25, 0.3) is 0 Å². The summed E-state index contributed by atoms with van der Waals surface area (Å²) in [6.07, 6.45) is 0.0463. The lowest BCUT2D eigenvalue weighted by Crippen LogP contribution is -2.56. The van der Waals surface area contributed by atoms with Crippen LogP contribution in [0, 0.1) is 0 Å². The molecule has 0 aromatic heterocycles. The van der Waals surface area contributed by atoms with E-state index in [-0.39, 0.29) is 43.7 Å². The monoisotopic (exact) mass is 388 g/mol. The maximum absolute atomic E-state index is 12.9. The van der Waals surface area contributed by atoms with Crippen molar-refractivity contribution in [3.63, 3.8) is 0 Å². The molecule has 3 rings (SSSR count). The number of hydrogen-bond donors (Lipinski definition) is 2. The van der Waals surface area contributed by atoms with Gasteiger partial charge in [-0.15, -0.1) is 0 Å². The molecule has 148 valence electrons. The highest BCUT2D eigenvalue weighted by atomic mass is 16.5. The Morgan fingerprint density at radius 1 is 1.25 bits per heavy atom. The molecule has 0 radical (unpaired) electrons. The zero-order valence-corrected chi connectivity index (χ0v) is 15.3. The molecule has 2 aliphatic rings. The zero-order valence-electron chi connectivity index (χ0n) is 15.3. The van der Waals surface area contributed by atoms with Crippen LogP contribution in [0.4, 0.5) is 5.69 Å². The Kier molecular flexibility index (Phi) is 5.41. The van der Waals surface area contributed by atoms with Crippen LogP contribution in [0.3, 0.4) is 0 Å². The first kappa shape index (κ1) is 19.5. The van der Waals surface area contributed by atoms with Crippen molar-refractivity contribution in [3.05, 3.63) is 29.3 Å². The van der Waals surface area contributed by atoms with Crippen LogP contribution < -0.4 is 11.1 Å². The van der Waals surface area contributed by atoms with E-state index < -0.39 is 35.6 Å². The van der Waals surface area contributed by atoms with Gasteiger partial charge in [-0.3, -0.25) is 33.8 Å². The lowest BCUT2D eigenvalue weighted by atomic mass is 10.0. The maximum atomic E-state index is 12.9. The minimum absolute atomic E-state index is 0.00642. The van der Waals surface area contributed by atoms with Gasteiger partial charge in [-0.1, -0.05) is 6.07 Å². The molecule has 2 heterocycles. The molecule has 28 heavy (non-hydrogen) atoms. The fourth-order valence-corrected chi connectivity index (χ4v) is 3.40. The highest BCUT2D eigenvalue weighted by Crippen LogP contribution is 2.33. The van der Waals surface area contributed by atoms with Crippen molar-refractivity contribution in [2.24, 2.45) is 5.73 Å². The van der Waals surface area contributed by atoms with Crippen molar-refractivity contribution < 1.29 is 28.7 Å². The smallest absolute Gasteiger partial charge is 0.319 e. The van der Waals surface area contributed by atoms with E-state index in [0.29, 0.717) is 5.69 Å². The van der Waals surface area contributed by atoms with Crippen LogP contribution in [-0.2, 0) is 19.1 Å². The Hall–Kier alpha value is -3.27. The van der Waals surface area contributed by atoms with Crippen LogP contribution in [0.5, 0.6) is 0 Å². The average molecular weight is 388 g/mol. The van der Waals surface area contributed by atoms with Crippen LogP contribution in [0.15, 0.2) is 18.2 Å². The van der Waals surface area contributed by atoms with E-state index in [1.165, 1.54) is 6.07 Å². The van der Waals surface area contributed by atoms with Gasteiger partial charge in [-0.2, -0.15) is 0 Å². The number of ether oxygens (including phenoxy) is 1. The Bertz CT molecular complexity index is 868. The van der Waals surface area contributed by atoms with E-state index in [1.807, 2.05) is 0 Å². The van der Waals surface area contributed by atoms with Gasteiger partial charge in [0.05, 0.1) is 24.2 Å². The molecule has 0 saturated carbocycles. The molecule has 1 saturated heterocycles. The quantitative estimate of drug-likeness (QED) is 0.484. The molecule has 10 nitrogen and oxygen atoms in total. The van der Waals surface area contributed by atoms with Gasteiger partial charge in [0, 0.05) is 19.2 Å². The van der Waals surface area contributed by atoms with Crippen molar-refractivity contribution >= 4 is 35.3 Å². The zero-order chi connectivity index (χ0) is 20.4. The number of carbonyl (C=O) groups excluding carboxylic acids is 5. The van der Waals surface area contributed by atoms with Crippen LogP contribution in [0.1, 0.15) is 33.6 Å². The second-order valence-corrected chi connectivity index (χ2v) is 6.32. The highest BCUT2D eigenvalue weighted by molar-refractivity contribution is 6.25. The minimum atomic E-state index is -1.08. The summed E-state index contributed by atoms with van der Waals surface area (Å²) >= 11 is 0. The number of benzene rings is 1. The fourth-order valence-electron chi connectivity index (χ4n) is 3.40. The van der Waals surface area contributed by atoms with Gasteiger partial charge in [-0.25, -0.2) is 0 Å². The average Bonchev–Trinajstić information content (AvgIpc) is 2.95. The van der Waals surface area contributed by atoms with Crippen molar-refractivity contribution in [3.8, 4) is 0 Å². The second kappa shape index (κ2) is 7.77. The molecule has 1 unspecified atom stereocenters. The molecular weight excluding hydrogens is 368 g/mol. The van der Waals surface area contributed by atoms with Crippen LogP contribution >= 0.6 is 0 Å². The van der Waals surface area contributed by atoms with Gasteiger partial charge in [0.1, 0.15) is 12.6 Å². The summed E-state index contributed by atoms with van der Waals surface area (Å²) in [4.78, 5) is 63.6. The summed E-state index contributed by atoms with van der Waals surface area (Å²) in [6, 6.07) is 3.75. The number of nitrogens with zero attached hydrogens (tertiary/aromatic N) is 2. The molecule has 3 N–H and O–H groups in total. The van der Waals surface area contributed by atoms with E-state index in [2.05, 4.69) is 5.32 Å². The normalized spacial score (nSPS) is 19.1. The number of likely N-dealkylation sites (tertiary alicyclic amines) is 1. The number of esters is 1. The van der Waals surface area contributed by atoms with Gasteiger partial charge < -0.3 is 15.8 Å². The van der Waals surface area contributed by atoms with Gasteiger partial charge in [0.15, 0.2) is 0 Å². The number of carbonyl (C=O) groups is 5. The number of piperidine rings is 1. The second-order valence-electron chi connectivity index (χ2n) is 6.32. The third-order valence-corrected chi connectivity index (χ3v) is 4.76. The molecule has 1 aromatic carbocycles. The Morgan fingerprint density at radius 2 is 2.00 bits per heavy atom. The molecular formula is C18H20N4O6. The number of anilines is 1. The third-order valence-electron chi connectivity index (χ3n) is 4.76. The van der Waals surface area contributed by atoms with E-state index >= 15 is 0 Å². The maximum Gasteiger partial charge on any atom is 0.319 e. The summed E-state index contributed by atoms with van der Waals surface area (Å²) in [5, 5.41) is 2.86. The van der Waals surface area contributed by atoms with E-state index in [0.717, 1.165) is 9.80 Å². The Morgan fingerprint density at radius 3 is 2.68 bits per heavy atom. The van der Waals surface area contributed by atoms with Crippen molar-refractivity contribution in [1.82, 2.24) is 9.80 Å². The molecule has 4 amide bonds. The van der Waals surface area contributed by atoms with Gasteiger partial charge >= 0.3 is 5.97 Å². The molecule has 2 aliphatic heterocycles. The largest absolute Gasteiger partial charge is 0.463 e. The number of fused-ring (bicyclic) bond motifs is 1. The first-order chi connectivity index (χ1) is 13.4. The standard InChI is InChI=1S/C18H20N4O6/c1-20-11-4-2-3-10-15(11)18(27)22(16(10)25)12-5-6-13(23)21(17(12)26)7-8-28-14(24)9-19/h2-4,12,20H,5-9,19H2,1H3. The molecule has 0 spiro atoms. The fraction of sp³-hybridized carbons (Fsp3) is 0.389. The summed E-state index contributed by atoms with van der Waals surface area (Å²) in [5.41, 5.74) is 6.05. The summed E-state index contributed by atoms with van der Waals surface area (Å²) in [6.45, 7) is -0.676. The minimum Gasteiger partial charge on any atom is -0.463 e. The molecule has 0 bridgehead atoms. The number of nitrogens with two attached hydrogens (primary N) is 1. The molecule has 1 aromatic rings. The first-order valence-corrected chi connectivity index (χ1v) is 8.79. The molecule has 1 atom stereocenters. The number of amides is 4. The van der Waals surface area contributed by atoms with E-state index in [9.17, 15) is 24.0 Å². The van der Waals surface area contributed by atoms with Crippen LogP contribution in [-0.4, -0.2) is 72.2 Å². The van der Waals surface area contributed by atoms with Crippen molar-refractivity contribution in [1.29, 1.82) is 0 Å². The molecule has 1 fully saturated rings. The lowest BCUT2D eigenvalue weighted by Gasteiger charge is -2.34. The number of rotatable bonds is 6. The third kappa shape index (κ3) is 3.22. The van der Waals surface area contributed by atoms with Gasteiger partial charge in [0.2, 0.25) is 5.91 Å². The number of nitrogens with one attached hydrogen (secondary N) is 1. The molecule has 0 aliphatic carbocycles. The summed E-state index contributed by atoms with van der Waals surface area (Å²) in [7, 11) is 1.63. The highest BCUT2D eigenvalue weighted by Gasteiger charge is 2.47. The van der Waals surface area contributed by atoms with Crippen LogP contribution in [0.2, 0.25) is 0 Å². The summed E-state index contributed by atoms with van der Waals surface area (Å²) in [5.74, 6) is -2.92. The lowest BCUT2D eigenvalue weighted by molar-refractivity contribution is -0.155. The first-order valence-electron chi connectivity index (χ1n) is 8.79. The van der Waals surface area contributed by atoms with Gasteiger partial charge in [-0.05, 0) is 18.6 Å². The SMILES string of the molecule is CNc1cccc2c1C(=O)N(C1CCC(=O)N(CCOC(=O)CN)C1=O)C2=O. The predicted octanol–water partition coefficient (Wildman–Crippen LogP) is -0.656. The van der Waals surface area contributed by atoms with Gasteiger partial charge in [0.25, 0.3) is 17.7 Å². The van der Waals surface area contributed by atoms with Crippen molar-refractivity contribution in [2.45, 2.75) is 18.9 Å². The van der Waals surface area contributed by atoms with E-state index in [4.69, 9.17) is 10.5 Å².